The molecule has 0 aliphatic carbocycles. The average Bonchev–Trinajstić information content (AvgIpc) is 1.97. The lowest BCUT2D eigenvalue weighted by atomic mass is 10.0. The van der Waals surface area contributed by atoms with Gasteiger partial charge in [0, 0.05) is 0 Å². The maximum absolute atomic E-state index is 9.14. The molecule has 66 valence electrons. The molecule has 0 saturated heterocycles. The summed E-state index contributed by atoms with van der Waals surface area (Å²) in [6.45, 7) is 6.09. The van der Waals surface area contributed by atoms with E-state index in [1.807, 2.05) is 6.92 Å². The summed E-state index contributed by atoms with van der Waals surface area (Å²) in [7, 11) is 0. The summed E-state index contributed by atoms with van der Waals surface area (Å²) in [5.41, 5.74) is 0. The minimum Gasteiger partial charge on any atom is -0.393 e. The zero-order valence-electron chi connectivity index (χ0n) is 7.88. The molecule has 1 N–H and O–H groups in total. The molecule has 0 saturated carbocycles. The molecule has 1 heteroatoms. The number of hydrogen-bond donors (Lipinski definition) is 1. The molecule has 0 fully saturated rings. The molecule has 0 amide bonds. The second-order valence-corrected chi connectivity index (χ2v) is 3.21. The zero-order valence-corrected chi connectivity index (χ0v) is 7.88. The van der Waals surface area contributed by atoms with Gasteiger partial charge in [0.25, 0.3) is 0 Å². The summed E-state index contributed by atoms with van der Waals surface area (Å²) in [6.07, 6.45) is 7.55. The molecule has 0 aromatic rings. The van der Waals surface area contributed by atoms with Gasteiger partial charge in [-0.3, -0.25) is 0 Å². The molecule has 2 unspecified atom stereocenters. The Morgan fingerprint density at radius 3 is 2.36 bits per heavy atom. The highest BCUT2D eigenvalue weighted by atomic mass is 16.3. The average molecular weight is 156 g/mol. The summed E-state index contributed by atoms with van der Waals surface area (Å²) < 4.78 is 0. The van der Waals surface area contributed by atoms with Crippen molar-refractivity contribution >= 4 is 0 Å². The smallest absolute Gasteiger partial charge is 0.0540 e. The first-order valence-corrected chi connectivity index (χ1v) is 4.51. The maximum Gasteiger partial charge on any atom is 0.0540 e. The number of rotatable bonds is 5. The fourth-order valence-corrected chi connectivity index (χ4v) is 0.792. The SMILES string of the molecule is CCCC=CCC(C)C(C)O. The van der Waals surface area contributed by atoms with Crippen molar-refractivity contribution in [3.8, 4) is 0 Å². The van der Waals surface area contributed by atoms with E-state index in [2.05, 4.69) is 26.0 Å². The third-order valence-corrected chi connectivity index (χ3v) is 1.95. The monoisotopic (exact) mass is 156 g/mol. The predicted octanol–water partition coefficient (Wildman–Crippen LogP) is 2.75. The Kier molecular flexibility index (Phi) is 6.24. The Balaban J connectivity index is 3.36. The predicted molar refractivity (Wildman–Crippen MR) is 49.5 cm³/mol. The normalized spacial score (nSPS) is 17.1. The van der Waals surface area contributed by atoms with E-state index in [9.17, 15) is 0 Å². The second kappa shape index (κ2) is 6.41. The maximum atomic E-state index is 9.14. The van der Waals surface area contributed by atoms with Gasteiger partial charge in [-0.2, -0.15) is 0 Å². The van der Waals surface area contributed by atoms with Crippen molar-refractivity contribution in [2.75, 3.05) is 0 Å². The van der Waals surface area contributed by atoms with E-state index in [1.54, 1.807) is 0 Å². The number of allylic oxidation sites excluding steroid dienone is 2. The lowest BCUT2D eigenvalue weighted by molar-refractivity contribution is 0.136. The van der Waals surface area contributed by atoms with Gasteiger partial charge in [0.2, 0.25) is 0 Å². The minimum absolute atomic E-state index is 0.179. The van der Waals surface area contributed by atoms with Crippen LogP contribution >= 0.6 is 0 Å². The van der Waals surface area contributed by atoms with Crippen LogP contribution in [0.3, 0.4) is 0 Å². The van der Waals surface area contributed by atoms with E-state index >= 15 is 0 Å². The molecule has 11 heavy (non-hydrogen) atoms. The van der Waals surface area contributed by atoms with Gasteiger partial charge in [0.1, 0.15) is 0 Å². The summed E-state index contributed by atoms with van der Waals surface area (Å²) in [5.74, 6) is 0.392. The van der Waals surface area contributed by atoms with Gasteiger partial charge >= 0.3 is 0 Å². The van der Waals surface area contributed by atoms with Gasteiger partial charge in [-0.1, -0.05) is 32.4 Å². The standard InChI is InChI=1S/C10H20O/c1-4-5-6-7-8-9(2)10(3)11/h6-7,9-11H,4-5,8H2,1-3H3. The number of hydrogen-bond acceptors (Lipinski definition) is 1. The first-order valence-electron chi connectivity index (χ1n) is 4.51. The van der Waals surface area contributed by atoms with Gasteiger partial charge in [0.05, 0.1) is 6.10 Å². The van der Waals surface area contributed by atoms with Gasteiger partial charge in [-0.25, -0.2) is 0 Å². The molecule has 0 aliphatic rings. The fourth-order valence-electron chi connectivity index (χ4n) is 0.792. The summed E-state index contributed by atoms with van der Waals surface area (Å²) >= 11 is 0. The van der Waals surface area contributed by atoms with Gasteiger partial charge in [-0.05, 0) is 25.7 Å². The summed E-state index contributed by atoms with van der Waals surface area (Å²) in [5, 5.41) is 9.14. The van der Waals surface area contributed by atoms with Crippen molar-refractivity contribution in [3.05, 3.63) is 12.2 Å². The van der Waals surface area contributed by atoms with Gasteiger partial charge < -0.3 is 5.11 Å². The Morgan fingerprint density at radius 2 is 1.91 bits per heavy atom. The molecular formula is C10H20O. The Hall–Kier alpha value is -0.300. The Labute approximate surface area is 70.1 Å². The van der Waals surface area contributed by atoms with Crippen LogP contribution in [0.25, 0.3) is 0 Å². The van der Waals surface area contributed by atoms with Crippen molar-refractivity contribution in [1.29, 1.82) is 0 Å². The van der Waals surface area contributed by atoms with Crippen LogP contribution in [0.15, 0.2) is 12.2 Å². The first-order chi connectivity index (χ1) is 5.18. The van der Waals surface area contributed by atoms with Crippen LogP contribution in [0.5, 0.6) is 0 Å². The quantitative estimate of drug-likeness (QED) is 0.607. The Morgan fingerprint density at radius 1 is 1.27 bits per heavy atom. The van der Waals surface area contributed by atoms with E-state index in [0.717, 1.165) is 12.8 Å². The lowest BCUT2D eigenvalue weighted by Crippen LogP contribution is -2.11. The van der Waals surface area contributed by atoms with Crippen LogP contribution in [0, 0.1) is 5.92 Å². The zero-order chi connectivity index (χ0) is 8.69. The third-order valence-electron chi connectivity index (χ3n) is 1.95. The first kappa shape index (κ1) is 10.7. The van der Waals surface area contributed by atoms with Crippen LogP contribution < -0.4 is 0 Å². The molecule has 0 bridgehead atoms. The molecule has 0 spiro atoms. The molecule has 0 rings (SSSR count). The van der Waals surface area contributed by atoms with Crippen molar-refractivity contribution in [2.24, 2.45) is 5.92 Å². The molecule has 0 heterocycles. The third kappa shape index (κ3) is 6.11. The molecule has 1 nitrogen and oxygen atoms in total. The van der Waals surface area contributed by atoms with Crippen molar-refractivity contribution in [2.45, 2.75) is 46.1 Å². The van der Waals surface area contributed by atoms with E-state index in [1.165, 1.54) is 6.42 Å². The van der Waals surface area contributed by atoms with Crippen LogP contribution in [-0.2, 0) is 0 Å². The van der Waals surface area contributed by atoms with E-state index in [4.69, 9.17) is 5.11 Å². The number of unbranched alkanes of at least 4 members (excludes halogenated alkanes) is 1. The van der Waals surface area contributed by atoms with Gasteiger partial charge in [0.15, 0.2) is 0 Å². The van der Waals surface area contributed by atoms with Crippen LogP contribution in [0.4, 0.5) is 0 Å². The van der Waals surface area contributed by atoms with E-state index in [0.29, 0.717) is 5.92 Å². The largest absolute Gasteiger partial charge is 0.393 e. The number of aliphatic hydroxyl groups excluding tert-OH is 1. The summed E-state index contributed by atoms with van der Waals surface area (Å²) in [6, 6.07) is 0. The van der Waals surface area contributed by atoms with E-state index < -0.39 is 0 Å². The van der Waals surface area contributed by atoms with Crippen LogP contribution in [0.2, 0.25) is 0 Å². The van der Waals surface area contributed by atoms with Crippen molar-refractivity contribution in [3.63, 3.8) is 0 Å². The van der Waals surface area contributed by atoms with Crippen LogP contribution in [0.1, 0.15) is 40.0 Å². The molecular weight excluding hydrogens is 136 g/mol. The Bertz CT molecular complexity index is 105. The molecule has 2 atom stereocenters. The lowest BCUT2D eigenvalue weighted by Gasteiger charge is -2.10. The molecule has 0 aromatic carbocycles. The molecule has 0 aromatic heterocycles. The van der Waals surface area contributed by atoms with Crippen LogP contribution in [-0.4, -0.2) is 11.2 Å². The highest BCUT2D eigenvalue weighted by molar-refractivity contribution is 4.83. The van der Waals surface area contributed by atoms with Crippen molar-refractivity contribution in [1.82, 2.24) is 0 Å². The highest BCUT2D eigenvalue weighted by Crippen LogP contribution is 2.08. The van der Waals surface area contributed by atoms with Gasteiger partial charge in [-0.15, -0.1) is 0 Å². The summed E-state index contributed by atoms with van der Waals surface area (Å²) in [4.78, 5) is 0. The number of aliphatic hydroxyl groups is 1. The topological polar surface area (TPSA) is 20.2 Å². The van der Waals surface area contributed by atoms with E-state index in [-0.39, 0.29) is 6.10 Å². The second-order valence-electron chi connectivity index (χ2n) is 3.21. The molecule has 0 aliphatic heterocycles. The fraction of sp³-hybridized carbons (Fsp3) is 0.800. The van der Waals surface area contributed by atoms with Crippen molar-refractivity contribution < 1.29 is 5.11 Å². The minimum atomic E-state index is -0.179. The highest BCUT2D eigenvalue weighted by Gasteiger charge is 2.04. The molecule has 0 radical (unpaired) electrons.